The highest BCUT2D eigenvalue weighted by atomic mass is 79.9. The third-order valence-corrected chi connectivity index (χ3v) is 5.14. The van der Waals surface area contributed by atoms with Gasteiger partial charge in [-0.1, -0.05) is 46.0 Å². The smallest absolute Gasteiger partial charge is 0.232 e. The monoisotopic (exact) mass is 350 g/mol. The van der Waals surface area contributed by atoms with Crippen LogP contribution in [0.1, 0.15) is 23.3 Å². The van der Waals surface area contributed by atoms with Crippen molar-refractivity contribution in [2.75, 3.05) is 18.0 Å². The molecule has 2 aromatic rings. The molecular weight excluding hydrogens is 336 g/mol. The van der Waals surface area contributed by atoms with Crippen LogP contribution in [0.5, 0.6) is 5.88 Å². The maximum absolute atomic E-state index is 10.1. The van der Waals surface area contributed by atoms with Gasteiger partial charge in [0.15, 0.2) is 5.13 Å². The Balaban J connectivity index is 1.89. The van der Waals surface area contributed by atoms with Gasteiger partial charge in [-0.25, -0.2) is 0 Å². The zero-order valence-electron chi connectivity index (χ0n) is 11.0. The standard InChI is InChI=1S/C15H15BrN2OS/c1-10(11-4-6-12(16)7-5-11)13-14(19)17-15(20-13)18-8-2-3-9-18/h4-7,19H,1-3,8-9H2. The van der Waals surface area contributed by atoms with Crippen LogP contribution in [-0.4, -0.2) is 23.2 Å². The molecule has 104 valence electrons. The van der Waals surface area contributed by atoms with Gasteiger partial charge in [-0.05, 0) is 36.1 Å². The fraction of sp³-hybridized carbons (Fsp3) is 0.267. The molecule has 0 saturated carbocycles. The lowest BCUT2D eigenvalue weighted by atomic mass is 10.1. The van der Waals surface area contributed by atoms with E-state index in [-0.39, 0.29) is 5.88 Å². The maximum atomic E-state index is 10.1. The second kappa shape index (κ2) is 5.58. The Morgan fingerprint density at radius 3 is 2.55 bits per heavy atom. The molecule has 1 aromatic heterocycles. The van der Waals surface area contributed by atoms with Crippen LogP contribution in [0.3, 0.4) is 0 Å². The highest BCUT2D eigenvalue weighted by Gasteiger charge is 2.20. The van der Waals surface area contributed by atoms with Crippen LogP contribution in [-0.2, 0) is 0 Å². The number of aromatic hydroxyl groups is 1. The fourth-order valence-corrected chi connectivity index (χ4v) is 3.59. The molecule has 0 spiro atoms. The Hall–Kier alpha value is -1.33. The number of hydrogen-bond acceptors (Lipinski definition) is 4. The van der Waals surface area contributed by atoms with Crippen LogP contribution in [0, 0.1) is 0 Å². The van der Waals surface area contributed by atoms with E-state index < -0.39 is 0 Å². The largest absolute Gasteiger partial charge is 0.492 e. The number of hydrogen-bond donors (Lipinski definition) is 1. The van der Waals surface area contributed by atoms with Crippen LogP contribution in [0.4, 0.5) is 5.13 Å². The van der Waals surface area contributed by atoms with E-state index in [4.69, 9.17) is 0 Å². The van der Waals surface area contributed by atoms with Crippen LogP contribution in [0.25, 0.3) is 5.57 Å². The topological polar surface area (TPSA) is 36.4 Å². The second-order valence-corrected chi connectivity index (χ2v) is 6.72. The first-order chi connectivity index (χ1) is 9.65. The lowest BCUT2D eigenvalue weighted by Gasteiger charge is -2.11. The summed E-state index contributed by atoms with van der Waals surface area (Å²) in [4.78, 5) is 7.27. The van der Waals surface area contributed by atoms with E-state index >= 15 is 0 Å². The average Bonchev–Trinajstić information content (AvgIpc) is 3.08. The molecule has 2 heterocycles. The van der Waals surface area contributed by atoms with Crippen LogP contribution in [0.15, 0.2) is 35.3 Å². The summed E-state index contributed by atoms with van der Waals surface area (Å²) in [5.41, 5.74) is 1.82. The van der Waals surface area contributed by atoms with E-state index in [1.165, 1.54) is 24.2 Å². The summed E-state index contributed by atoms with van der Waals surface area (Å²) < 4.78 is 1.03. The van der Waals surface area contributed by atoms with Gasteiger partial charge in [0.2, 0.25) is 5.88 Å². The zero-order valence-corrected chi connectivity index (χ0v) is 13.4. The molecule has 1 N–H and O–H groups in total. The first-order valence-corrected chi connectivity index (χ1v) is 8.16. The van der Waals surface area contributed by atoms with E-state index in [9.17, 15) is 5.11 Å². The third kappa shape index (κ3) is 2.60. The van der Waals surface area contributed by atoms with Crippen molar-refractivity contribution in [1.82, 2.24) is 4.98 Å². The first kappa shape index (κ1) is 13.6. The van der Waals surface area contributed by atoms with Gasteiger partial charge < -0.3 is 10.0 Å². The average molecular weight is 351 g/mol. The number of aromatic nitrogens is 1. The molecule has 1 aromatic carbocycles. The molecule has 0 bridgehead atoms. The molecule has 20 heavy (non-hydrogen) atoms. The van der Waals surface area contributed by atoms with E-state index in [2.05, 4.69) is 32.4 Å². The van der Waals surface area contributed by atoms with Crippen molar-refractivity contribution in [1.29, 1.82) is 0 Å². The minimum Gasteiger partial charge on any atom is -0.492 e. The Labute approximate surface area is 130 Å². The van der Waals surface area contributed by atoms with Crippen molar-refractivity contribution in [2.24, 2.45) is 0 Å². The molecule has 0 atom stereocenters. The Morgan fingerprint density at radius 1 is 1.25 bits per heavy atom. The maximum Gasteiger partial charge on any atom is 0.232 e. The van der Waals surface area contributed by atoms with E-state index in [1.807, 2.05) is 24.3 Å². The molecule has 5 heteroatoms. The quantitative estimate of drug-likeness (QED) is 0.897. The van der Waals surface area contributed by atoms with Crippen molar-refractivity contribution in [3.8, 4) is 5.88 Å². The van der Waals surface area contributed by atoms with Gasteiger partial charge in [0.05, 0.1) is 4.88 Å². The number of rotatable bonds is 3. The van der Waals surface area contributed by atoms with Gasteiger partial charge in [-0.15, -0.1) is 0 Å². The summed E-state index contributed by atoms with van der Waals surface area (Å²) in [5, 5.41) is 11.0. The molecular formula is C15H15BrN2OS. The number of thiazole rings is 1. The van der Waals surface area contributed by atoms with Gasteiger partial charge >= 0.3 is 0 Å². The van der Waals surface area contributed by atoms with Crippen molar-refractivity contribution < 1.29 is 5.11 Å². The summed E-state index contributed by atoms with van der Waals surface area (Å²) >= 11 is 4.94. The van der Waals surface area contributed by atoms with E-state index in [0.29, 0.717) is 0 Å². The van der Waals surface area contributed by atoms with E-state index in [1.54, 1.807) is 0 Å². The molecule has 1 saturated heterocycles. The highest BCUT2D eigenvalue weighted by molar-refractivity contribution is 9.10. The molecule has 3 nitrogen and oxygen atoms in total. The van der Waals surface area contributed by atoms with E-state index in [0.717, 1.165) is 38.7 Å². The summed E-state index contributed by atoms with van der Waals surface area (Å²) in [6, 6.07) is 7.92. The first-order valence-electron chi connectivity index (χ1n) is 6.55. The van der Waals surface area contributed by atoms with Gasteiger partial charge in [-0.3, -0.25) is 0 Å². The van der Waals surface area contributed by atoms with Gasteiger partial charge in [0, 0.05) is 17.6 Å². The molecule has 1 fully saturated rings. The number of halogens is 1. The van der Waals surface area contributed by atoms with Crippen molar-refractivity contribution in [3.63, 3.8) is 0 Å². The van der Waals surface area contributed by atoms with Crippen LogP contribution in [0.2, 0.25) is 0 Å². The van der Waals surface area contributed by atoms with Gasteiger partial charge in [0.25, 0.3) is 0 Å². The number of benzene rings is 1. The van der Waals surface area contributed by atoms with Crippen molar-refractivity contribution in [3.05, 3.63) is 45.8 Å². The molecule has 1 aliphatic rings. The number of anilines is 1. The SMILES string of the molecule is C=C(c1ccc(Br)cc1)c1sc(N2CCCC2)nc1O. The molecule has 0 radical (unpaired) electrons. The summed E-state index contributed by atoms with van der Waals surface area (Å²) in [5.74, 6) is 0.0878. The molecule has 1 aliphatic heterocycles. The van der Waals surface area contributed by atoms with Gasteiger partial charge in [0.1, 0.15) is 0 Å². The van der Waals surface area contributed by atoms with Crippen molar-refractivity contribution >= 4 is 38.0 Å². The molecule has 0 aliphatic carbocycles. The Morgan fingerprint density at radius 2 is 1.90 bits per heavy atom. The molecule has 0 amide bonds. The summed E-state index contributed by atoms with van der Waals surface area (Å²) in [6.45, 7) is 6.15. The predicted octanol–water partition coefficient (Wildman–Crippen LogP) is 4.27. The number of nitrogens with zero attached hydrogens (tertiary/aromatic N) is 2. The minimum atomic E-state index is 0.0878. The minimum absolute atomic E-state index is 0.0878. The normalized spacial score (nSPS) is 14.8. The Kier molecular flexibility index (Phi) is 3.81. The van der Waals surface area contributed by atoms with Crippen molar-refractivity contribution in [2.45, 2.75) is 12.8 Å². The highest BCUT2D eigenvalue weighted by Crippen LogP contribution is 2.38. The predicted molar refractivity (Wildman–Crippen MR) is 87.5 cm³/mol. The zero-order chi connectivity index (χ0) is 14.1. The molecule has 3 rings (SSSR count). The molecule has 0 unspecified atom stereocenters. The lowest BCUT2D eigenvalue weighted by molar-refractivity contribution is 0.456. The third-order valence-electron chi connectivity index (χ3n) is 3.44. The summed E-state index contributed by atoms with van der Waals surface area (Å²) in [6.07, 6.45) is 2.40. The summed E-state index contributed by atoms with van der Waals surface area (Å²) in [7, 11) is 0. The lowest BCUT2D eigenvalue weighted by Crippen LogP contribution is -2.16. The fourth-order valence-electron chi connectivity index (χ4n) is 2.32. The van der Waals surface area contributed by atoms with Crippen LogP contribution >= 0.6 is 27.3 Å². The second-order valence-electron chi connectivity index (χ2n) is 4.83. The van der Waals surface area contributed by atoms with Crippen LogP contribution < -0.4 is 4.90 Å². The Bertz CT molecular complexity index is 630. The van der Waals surface area contributed by atoms with Gasteiger partial charge in [-0.2, -0.15) is 4.98 Å².